The molecule has 5 rings (SSSR count). The zero-order chi connectivity index (χ0) is 25.6. The lowest BCUT2D eigenvalue weighted by atomic mass is 9.88. The minimum absolute atomic E-state index is 0.00103. The maximum atomic E-state index is 11.6. The van der Waals surface area contributed by atoms with Gasteiger partial charge in [-0.3, -0.25) is 4.68 Å². The van der Waals surface area contributed by atoms with E-state index in [1.165, 1.54) is 5.56 Å². The Morgan fingerprint density at radius 3 is 2.61 bits per heavy atom. The van der Waals surface area contributed by atoms with E-state index in [4.69, 9.17) is 5.14 Å². The van der Waals surface area contributed by atoms with Crippen molar-refractivity contribution in [3.05, 3.63) is 54.6 Å². The first-order valence-corrected chi connectivity index (χ1v) is 13.6. The Kier molecular flexibility index (Phi) is 6.13. The minimum atomic E-state index is -3.50. The maximum Gasteiger partial charge on any atom is 0.209 e. The maximum absolute atomic E-state index is 11.6. The summed E-state index contributed by atoms with van der Waals surface area (Å²) in [5.41, 5.74) is 3.10. The smallest absolute Gasteiger partial charge is 0.209 e. The molecule has 0 spiro atoms. The van der Waals surface area contributed by atoms with Crippen molar-refractivity contribution in [2.75, 3.05) is 22.5 Å². The van der Waals surface area contributed by atoms with Crippen molar-refractivity contribution in [3.8, 4) is 11.4 Å². The van der Waals surface area contributed by atoms with Crippen LogP contribution in [-0.2, 0) is 17.1 Å². The standard InChI is InChI=1S/C25H30N8O2S/c1-15(2)19-5-6-22(33-13-18(16(33)3)14-36(26,34)35)21-11-28-24(9-20(19)21)30-23-7-8-27-25(31-23)17-10-29-32(4)12-17/h5-12,15-16,18H,13-14H2,1-4H3,(H2,26,34,35)(H,27,28,30,31)/t16-,18-/m1/s1. The molecule has 4 heterocycles. The second-order valence-electron chi connectivity index (χ2n) is 9.72. The average Bonchev–Trinajstić information content (AvgIpc) is 3.26. The number of nitrogens with zero attached hydrogens (tertiary/aromatic N) is 6. The van der Waals surface area contributed by atoms with Gasteiger partial charge in [0.05, 0.1) is 17.5 Å². The molecule has 0 aliphatic carbocycles. The lowest BCUT2D eigenvalue weighted by Crippen LogP contribution is -2.57. The number of nitrogens with one attached hydrogen (secondary N) is 1. The topological polar surface area (TPSA) is 132 Å². The van der Waals surface area contributed by atoms with Crippen LogP contribution in [0.4, 0.5) is 17.3 Å². The number of rotatable bonds is 7. The number of aromatic nitrogens is 5. The van der Waals surface area contributed by atoms with E-state index in [-0.39, 0.29) is 17.7 Å². The van der Waals surface area contributed by atoms with Gasteiger partial charge in [-0.25, -0.2) is 28.5 Å². The second-order valence-corrected chi connectivity index (χ2v) is 11.4. The molecule has 3 aromatic heterocycles. The molecule has 0 unspecified atom stereocenters. The van der Waals surface area contributed by atoms with Crippen molar-refractivity contribution in [2.45, 2.75) is 32.7 Å². The molecule has 3 N–H and O–H groups in total. The second kappa shape index (κ2) is 9.14. The summed E-state index contributed by atoms with van der Waals surface area (Å²) in [6, 6.07) is 8.18. The first-order chi connectivity index (χ1) is 17.1. The molecule has 1 saturated heterocycles. The van der Waals surface area contributed by atoms with Crippen LogP contribution in [0, 0.1) is 5.92 Å². The molecule has 0 bridgehead atoms. The minimum Gasteiger partial charge on any atom is -0.368 e. The van der Waals surface area contributed by atoms with Gasteiger partial charge < -0.3 is 10.2 Å². The molecular formula is C25H30N8O2S. The Balaban J connectivity index is 1.46. The van der Waals surface area contributed by atoms with E-state index in [0.717, 1.165) is 22.0 Å². The highest BCUT2D eigenvalue weighted by atomic mass is 32.2. The SMILES string of the molecule is CC(C)c1ccc(N2C[C@H](CS(N)(=O)=O)[C@H]2C)c2cnc(Nc3ccnc(-c4cnn(C)c4)n3)cc12. The predicted molar refractivity (Wildman–Crippen MR) is 142 cm³/mol. The van der Waals surface area contributed by atoms with Gasteiger partial charge in [-0.1, -0.05) is 19.9 Å². The summed E-state index contributed by atoms with van der Waals surface area (Å²) in [5.74, 6) is 2.23. The van der Waals surface area contributed by atoms with Gasteiger partial charge in [0.1, 0.15) is 11.6 Å². The number of pyridine rings is 1. The van der Waals surface area contributed by atoms with Crippen molar-refractivity contribution in [1.29, 1.82) is 0 Å². The number of hydrogen-bond donors (Lipinski definition) is 2. The summed E-state index contributed by atoms with van der Waals surface area (Å²) in [5, 5.41) is 14.9. The van der Waals surface area contributed by atoms with Crippen molar-refractivity contribution in [3.63, 3.8) is 0 Å². The van der Waals surface area contributed by atoms with Crippen molar-refractivity contribution in [1.82, 2.24) is 24.7 Å². The Labute approximate surface area is 210 Å². The van der Waals surface area contributed by atoms with Gasteiger partial charge >= 0.3 is 0 Å². The van der Waals surface area contributed by atoms with Crippen LogP contribution in [0.1, 0.15) is 32.3 Å². The number of benzene rings is 1. The molecule has 2 atom stereocenters. The molecule has 188 valence electrons. The summed E-state index contributed by atoms with van der Waals surface area (Å²) in [6.07, 6.45) is 7.18. The number of aryl methyl sites for hydroxylation is 1. The third-order valence-corrected chi connectivity index (χ3v) is 7.66. The highest BCUT2D eigenvalue weighted by Gasteiger charge is 2.38. The zero-order valence-electron chi connectivity index (χ0n) is 20.8. The molecule has 0 radical (unpaired) electrons. The molecule has 1 aromatic carbocycles. The molecule has 0 amide bonds. The zero-order valence-corrected chi connectivity index (χ0v) is 21.6. The van der Waals surface area contributed by atoms with E-state index in [1.807, 2.05) is 32.4 Å². The van der Waals surface area contributed by atoms with Crippen LogP contribution in [0.5, 0.6) is 0 Å². The van der Waals surface area contributed by atoms with E-state index in [2.05, 4.69) is 56.2 Å². The molecule has 1 aliphatic rings. The summed E-state index contributed by atoms with van der Waals surface area (Å²) >= 11 is 0. The summed E-state index contributed by atoms with van der Waals surface area (Å²) < 4.78 is 24.9. The van der Waals surface area contributed by atoms with Gasteiger partial charge in [0.25, 0.3) is 0 Å². The molecule has 4 aromatic rings. The molecule has 1 aliphatic heterocycles. The van der Waals surface area contributed by atoms with E-state index < -0.39 is 10.0 Å². The molecule has 36 heavy (non-hydrogen) atoms. The van der Waals surface area contributed by atoms with Crippen LogP contribution in [0.2, 0.25) is 0 Å². The van der Waals surface area contributed by atoms with E-state index in [9.17, 15) is 8.42 Å². The van der Waals surface area contributed by atoms with Gasteiger partial charge in [-0.2, -0.15) is 5.10 Å². The molecule has 0 saturated carbocycles. The number of hydrogen-bond acceptors (Lipinski definition) is 8. The van der Waals surface area contributed by atoms with Crippen LogP contribution < -0.4 is 15.4 Å². The normalized spacial score (nSPS) is 18.0. The number of fused-ring (bicyclic) bond motifs is 1. The molecule has 11 heteroatoms. The quantitative estimate of drug-likeness (QED) is 0.390. The Morgan fingerprint density at radius 2 is 1.94 bits per heavy atom. The van der Waals surface area contributed by atoms with Crippen LogP contribution in [0.3, 0.4) is 0 Å². The highest BCUT2D eigenvalue weighted by Crippen LogP contribution is 2.39. The fourth-order valence-corrected chi connectivity index (χ4v) is 5.78. The van der Waals surface area contributed by atoms with Gasteiger partial charge in [0.2, 0.25) is 10.0 Å². The average molecular weight is 507 g/mol. The van der Waals surface area contributed by atoms with Crippen molar-refractivity contribution in [2.24, 2.45) is 18.1 Å². The highest BCUT2D eigenvalue weighted by molar-refractivity contribution is 7.89. The summed E-state index contributed by atoms with van der Waals surface area (Å²) in [7, 11) is -1.65. The monoisotopic (exact) mass is 506 g/mol. The number of nitrogens with two attached hydrogens (primary N) is 1. The Hall–Kier alpha value is -3.57. The van der Waals surface area contributed by atoms with E-state index in [0.29, 0.717) is 29.9 Å². The molecule has 10 nitrogen and oxygen atoms in total. The van der Waals surface area contributed by atoms with Crippen LogP contribution >= 0.6 is 0 Å². The van der Waals surface area contributed by atoms with Gasteiger partial charge in [-0.05, 0) is 42.0 Å². The third kappa shape index (κ3) is 4.76. The van der Waals surface area contributed by atoms with Gasteiger partial charge in [-0.15, -0.1) is 0 Å². The van der Waals surface area contributed by atoms with E-state index in [1.54, 1.807) is 23.1 Å². The predicted octanol–water partition coefficient (Wildman–Crippen LogP) is 3.41. The largest absolute Gasteiger partial charge is 0.368 e. The summed E-state index contributed by atoms with van der Waals surface area (Å²) in [6.45, 7) is 7.02. The van der Waals surface area contributed by atoms with Crippen LogP contribution in [0.25, 0.3) is 22.2 Å². The molecule has 1 fully saturated rings. The van der Waals surface area contributed by atoms with E-state index >= 15 is 0 Å². The van der Waals surface area contributed by atoms with Crippen molar-refractivity contribution < 1.29 is 8.42 Å². The fraction of sp³-hybridized carbons (Fsp3) is 0.360. The Morgan fingerprint density at radius 1 is 1.14 bits per heavy atom. The van der Waals surface area contributed by atoms with Crippen LogP contribution in [0.15, 0.2) is 49.1 Å². The Bertz CT molecular complexity index is 1530. The van der Waals surface area contributed by atoms with Crippen LogP contribution in [-0.4, -0.2) is 51.5 Å². The molecular weight excluding hydrogens is 476 g/mol. The number of sulfonamides is 1. The first-order valence-electron chi connectivity index (χ1n) is 11.9. The number of primary sulfonamides is 1. The lowest BCUT2D eigenvalue weighted by Gasteiger charge is -2.48. The lowest BCUT2D eigenvalue weighted by molar-refractivity contribution is 0.341. The van der Waals surface area contributed by atoms with Crippen molar-refractivity contribution >= 4 is 38.1 Å². The fourth-order valence-electron chi connectivity index (χ4n) is 4.80. The first kappa shape index (κ1) is 24.1. The number of anilines is 3. The van der Waals surface area contributed by atoms with Gasteiger partial charge in [0.15, 0.2) is 5.82 Å². The van der Waals surface area contributed by atoms with Gasteiger partial charge in [0, 0.05) is 55.2 Å². The third-order valence-electron chi connectivity index (χ3n) is 6.77. The summed E-state index contributed by atoms with van der Waals surface area (Å²) in [4.78, 5) is 15.9.